The predicted octanol–water partition coefficient (Wildman–Crippen LogP) is 3.29. The van der Waals surface area contributed by atoms with Crippen LogP contribution in [-0.2, 0) is 6.42 Å². The second-order valence-corrected chi connectivity index (χ2v) is 6.01. The summed E-state index contributed by atoms with van der Waals surface area (Å²) in [6, 6.07) is 15.8. The first-order valence-electron chi connectivity index (χ1n) is 8.22. The molecule has 0 saturated carbocycles. The first kappa shape index (κ1) is 18.0. The van der Waals surface area contributed by atoms with Crippen LogP contribution in [0, 0.1) is 0 Å². The van der Waals surface area contributed by atoms with Crippen molar-refractivity contribution in [3.05, 3.63) is 65.2 Å². The molecule has 1 unspecified atom stereocenters. The Morgan fingerprint density at radius 2 is 1.71 bits per heavy atom. The van der Waals surface area contributed by atoms with Gasteiger partial charge in [0.2, 0.25) is 0 Å². The number of carbonyl (C=O) groups is 1. The Morgan fingerprint density at radius 1 is 1.08 bits per heavy atom. The molecule has 2 aromatic rings. The lowest BCUT2D eigenvalue weighted by Crippen LogP contribution is -2.34. The summed E-state index contributed by atoms with van der Waals surface area (Å²) in [4.78, 5) is 14.5. The largest absolute Gasteiger partial charge is 0.497 e. The molecule has 24 heavy (non-hydrogen) atoms. The SMILES string of the molecule is CCc1ccc(C(=O)NCC(c2ccc(OC)cc2)N(C)C)cc1. The minimum atomic E-state index is -0.0435. The second-order valence-electron chi connectivity index (χ2n) is 6.01. The van der Waals surface area contributed by atoms with Crippen molar-refractivity contribution in [1.82, 2.24) is 10.2 Å². The van der Waals surface area contributed by atoms with Crippen molar-refractivity contribution in [2.24, 2.45) is 0 Å². The molecule has 1 amide bonds. The average molecular weight is 326 g/mol. The standard InChI is InChI=1S/C20H26N2O2/c1-5-15-6-8-17(9-7-15)20(23)21-14-19(22(2)3)16-10-12-18(24-4)13-11-16/h6-13,19H,5,14H2,1-4H3,(H,21,23). The molecule has 0 spiro atoms. The van der Waals surface area contributed by atoms with E-state index >= 15 is 0 Å². The molecule has 1 N–H and O–H groups in total. The summed E-state index contributed by atoms with van der Waals surface area (Å²) in [6.07, 6.45) is 0.974. The lowest BCUT2D eigenvalue weighted by atomic mass is 10.1. The number of likely N-dealkylation sites (N-methyl/N-ethyl adjacent to an activating group) is 1. The van der Waals surface area contributed by atoms with Crippen LogP contribution in [0.15, 0.2) is 48.5 Å². The highest BCUT2D eigenvalue weighted by molar-refractivity contribution is 5.94. The summed E-state index contributed by atoms with van der Waals surface area (Å²) in [5.41, 5.74) is 3.07. The fraction of sp³-hybridized carbons (Fsp3) is 0.350. The van der Waals surface area contributed by atoms with Crippen molar-refractivity contribution >= 4 is 5.91 Å². The summed E-state index contributed by atoms with van der Waals surface area (Å²) < 4.78 is 5.20. The molecule has 0 bridgehead atoms. The van der Waals surface area contributed by atoms with E-state index in [9.17, 15) is 4.79 Å². The Morgan fingerprint density at radius 3 is 2.21 bits per heavy atom. The van der Waals surface area contributed by atoms with Crippen molar-refractivity contribution in [2.75, 3.05) is 27.7 Å². The smallest absolute Gasteiger partial charge is 0.251 e. The lowest BCUT2D eigenvalue weighted by Gasteiger charge is -2.25. The molecule has 0 heterocycles. The molecule has 4 nitrogen and oxygen atoms in total. The molecule has 0 fully saturated rings. The topological polar surface area (TPSA) is 41.6 Å². The van der Waals surface area contributed by atoms with Gasteiger partial charge in [0.15, 0.2) is 0 Å². The summed E-state index contributed by atoms with van der Waals surface area (Å²) in [7, 11) is 5.68. The molecule has 128 valence electrons. The lowest BCUT2D eigenvalue weighted by molar-refractivity contribution is 0.0942. The van der Waals surface area contributed by atoms with E-state index in [1.807, 2.05) is 62.6 Å². The van der Waals surface area contributed by atoms with Crippen LogP contribution in [0.25, 0.3) is 0 Å². The van der Waals surface area contributed by atoms with Gasteiger partial charge in [0, 0.05) is 12.1 Å². The van der Waals surface area contributed by atoms with Crippen LogP contribution >= 0.6 is 0 Å². The van der Waals surface area contributed by atoms with Crippen molar-refractivity contribution in [3.8, 4) is 5.75 Å². The van der Waals surface area contributed by atoms with Gasteiger partial charge in [-0.1, -0.05) is 31.2 Å². The van der Waals surface area contributed by atoms with Gasteiger partial charge in [-0.2, -0.15) is 0 Å². The van der Waals surface area contributed by atoms with E-state index in [1.54, 1.807) is 7.11 Å². The zero-order valence-corrected chi connectivity index (χ0v) is 14.9. The van der Waals surface area contributed by atoms with Crippen LogP contribution < -0.4 is 10.1 Å². The maximum absolute atomic E-state index is 12.4. The Hall–Kier alpha value is -2.33. The Balaban J connectivity index is 2.03. The molecule has 0 saturated heterocycles. The third kappa shape index (κ3) is 4.59. The molecule has 2 rings (SSSR count). The zero-order chi connectivity index (χ0) is 17.5. The number of hydrogen-bond donors (Lipinski definition) is 1. The third-order valence-corrected chi connectivity index (χ3v) is 4.20. The first-order chi connectivity index (χ1) is 11.5. The van der Waals surface area contributed by atoms with Gasteiger partial charge in [0.25, 0.3) is 5.91 Å². The van der Waals surface area contributed by atoms with E-state index in [4.69, 9.17) is 4.74 Å². The second kappa shape index (κ2) is 8.50. The number of ether oxygens (including phenoxy) is 1. The fourth-order valence-corrected chi connectivity index (χ4v) is 2.61. The number of nitrogens with one attached hydrogen (secondary N) is 1. The molecule has 0 aliphatic rings. The maximum Gasteiger partial charge on any atom is 0.251 e. The van der Waals surface area contributed by atoms with E-state index in [2.05, 4.69) is 17.1 Å². The third-order valence-electron chi connectivity index (χ3n) is 4.20. The van der Waals surface area contributed by atoms with Gasteiger partial charge in [-0.25, -0.2) is 0 Å². The highest BCUT2D eigenvalue weighted by atomic mass is 16.5. The van der Waals surface area contributed by atoms with Crippen LogP contribution in [0.3, 0.4) is 0 Å². The van der Waals surface area contributed by atoms with Gasteiger partial charge in [-0.15, -0.1) is 0 Å². The molecule has 1 atom stereocenters. The molecule has 0 aliphatic carbocycles. The van der Waals surface area contributed by atoms with Gasteiger partial charge >= 0.3 is 0 Å². The summed E-state index contributed by atoms with van der Waals surface area (Å²) >= 11 is 0. The average Bonchev–Trinajstić information content (AvgIpc) is 2.62. The Kier molecular flexibility index (Phi) is 6.38. The number of hydrogen-bond acceptors (Lipinski definition) is 3. The summed E-state index contributed by atoms with van der Waals surface area (Å²) in [5, 5.41) is 3.03. The van der Waals surface area contributed by atoms with Crippen LogP contribution in [0.2, 0.25) is 0 Å². The minimum Gasteiger partial charge on any atom is -0.497 e. The number of carbonyl (C=O) groups excluding carboxylic acids is 1. The normalized spacial score (nSPS) is 12.0. The van der Waals surface area contributed by atoms with Crippen molar-refractivity contribution in [3.63, 3.8) is 0 Å². The quantitative estimate of drug-likeness (QED) is 0.849. The van der Waals surface area contributed by atoms with Crippen LogP contribution in [0.4, 0.5) is 0 Å². The molecule has 2 aromatic carbocycles. The Bertz CT molecular complexity index is 648. The molecular formula is C20H26N2O2. The summed E-state index contributed by atoms with van der Waals surface area (Å²) in [6.45, 7) is 2.65. The molecular weight excluding hydrogens is 300 g/mol. The van der Waals surface area contributed by atoms with E-state index in [0.29, 0.717) is 12.1 Å². The van der Waals surface area contributed by atoms with Crippen LogP contribution in [-0.4, -0.2) is 38.6 Å². The zero-order valence-electron chi connectivity index (χ0n) is 14.9. The van der Waals surface area contributed by atoms with Crippen LogP contribution in [0.1, 0.15) is 34.5 Å². The highest BCUT2D eigenvalue weighted by Gasteiger charge is 2.16. The number of aryl methyl sites for hydroxylation is 1. The van der Waals surface area contributed by atoms with Gasteiger partial charge in [0.1, 0.15) is 5.75 Å². The number of methoxy groups -OCH3 is 1. The van der Waals surface area contributed by atoms with Crippen molar-refractivity contribution < 1.29 is 9.53 Å². The van der Waals surface area contributed by atoms with Crippen LogP contribution in [0.5, 0.6) is 5.75 Å². The fourth-order valence-electron chi connectivity index (χ4n) is 2.61. The molecule has 0 aromatic heterocycles. The number of benzene rings is 2. The van der Waals surface area contributed by atoms with Crippen molar-refractivity contribution in [2.45, 2.75) is 19.4 Å². The maximum atomic E-state index is 12.4. The highest BCUT2D eigenvalue weighted by Crippen LogP contribution is 2.20. The first-order valence-corrected chi connectivity index (χ1v) is 8.22. The van der Waals surface area contributed by atoms with E-state index in [1.165, 1.54) is 5.56 Å². The van der Waals surface area contributed by atoms with E-state index in [-0.39, 0.29) is 11.9 Å². The molecule has 4 heteroatoms. The van der Waals surface area contributed by atoms with E-state index < -0.39 is 0 Å². The van der Waals surface area contributed by atoms with Crippen molar-refractivity contribution in [1.29, 1.82) is 0 Å². The number of rotatable bonds is 7. The minimum absolute atomic E-state index is 0.0435. The Labute approximate surface area is 144 Å². The monoisotopic (exact) mass is 326 g/mol. The molecule has 0 radical (unpaired) electrons. The molecule has 0 aliphatic heterocycles. The number of nitrogens with zero attached hydrogens (tertiary/aromatic N) is 1. The predicted molar refractivity (Wildman–Crippen MR) is 97.6 cm³/mol. The van der Waals surface area contributed by atoms with Gasteiger partial charge < -0.3 is 15.0 Å². The van der Waals surface area contributed by atoms with E-state index in [0.717, 1.165) is 17.7 Å². The van der Waals surface area contributed by atoms with Gasteiger partial charge in [-0.05, 0) is 55.9 Å². The number of amides is 1. The van der Waals surface area contributed by atoms with Gasteiger partial charge in [-0.3, -0.25) is 4.79 Å². The summed E-state index contributed by atoms with van der Waals surface area (Å²) in [5.74, 6) is 0.786. The van der Waals surface area contributed by atoms with Gasteiger partial charge in [0.05, 0.1) is 13.2 Å².